The predicted octanol–water partition coefficient (Wildman–Crippen LogP) is 4.34. The Hall–Kier alpha value is -3.35. The van der Waals surface area contributed by atoms with Crippen molar-refractivity contribution in [2.24, 2.45) is 7.05 Å². The Kier molecular flexibility index (Phi) is 6.17. The molecule has 1 atom stereocenters. The molecule has 0 radical (unpaired) electrons. The number of rotatable bonds is 8. The molecule has 1 aromatic carbocycles. The van der Waals surface area contributed by atoms with Crippen LogP contribution in [-0.4, -0.2) is 31.3 Å². The third-order valence-corrected chi connectivity index (χ3v) is 6.04. The molecule has 0 amide bonds. The van der Waals surface area contributed by atoms with Crippen molar-refractivity contribution in [3.8, 4) is 0 Å². The molecule has 3 aromatic heterocycles. The van der Waals surface area contributed by atoms with Gasteiger partial charge in [-0.15, -0.1) is 0 Å². The Morgan fingerprint density at radius 2 is 1.94 bits per heavy atom. The smallest absolute Gasteiger partial charge is 0.330 e. The lowest BCUT2D eigenvalue weighted by Crippen LogP contribution is -2.29. The first-order valence-electron chi connectivity index (χ1n) is 11.2. The van der Waals surface area contributed by atoms with Crippen LogP contribution in [0.15, 0.2) is 47.5 Å². The predicted molar refractivity (Wildman–Crippen MR) is 126 cm³/mol. The third-order valence-electron chi connectivity index (χ3n) is 6.04. The minimum Gasteiger partial charge on any atom is -0.466 e. The second-order valence-electron chi connectivity index (χ2n) is 8.27. The summed E-state index contributed by atoms with van der Waals surface area (Å²) in [5, 5.41) is 1.16. The van der Waals surface area contributed by atoms with E-state index in [0.29, 0.717) is 25.2 Å². The van der Waals surface area contributed by atoms with Crippen molar-refractivity contribution in [1.29, 1.82) is 0 Å². The number of ether oxygens (including phenoxy) is 1. The van der Waals surface area contributed by atoms with Crippen molar-refractivity contribution >= 4 is 28.0 Å². The molecule has 0 fully saturated rings. The van der Waals surface area contributed by atoms with Gasteiger partial charge in [-0.25, -0.2) is 9.78 Å². The van der Waals surface area contributed by atoms with E-state index in [9.17, 15) is 9.59 Å². The summed E-state index contributed by atoms with van der Waals surface area (Å²) in [6.07, 6.45) is 5.52. The number of hydrogen-bond donors (Lipinski definition) is 0. The van der Waals surface area contributed by atoms with Crippen molar-refractivity contribution in [1.82, 2.24) is 18.7 Å². The molecule has 0 saturated carbocycles. The van der Waals surface area contributed by atoms with Crippen molar-refractivity contribution in [3.05, 3.63) is 64.3 Å². The number of esters is 1. The van der Waals surface area contributed by atoms with Gasteiger partial charge in [-0.05, 0) is 49.6 Å². The summed E-state index contributed by atoms with van der Waals surface area (Å²) >= 11 is 0. The van der Waals surface area contributed by atoms with Crippen molar-refractivity contribution in [2.45, 2.75) is 52.6 Å². The van der Waals surface area contributed by atoms with Crippen LogP contribution >= 0.6 is 0 Å². The number of nitrogens with zero attached hydrogens (tertiary/aromatic N) is 4. The first-order chi connectivity index (χ1) is 15.5. The maximum atomic E-state index is 13.7. The molecule has 0 unspecified atom stereocenters. The largest absolute Gasteiger partial charge is 0.466 e. The fourth-order valence-electron chi connectivity index (χ4n) is 4.69. The normalized spacial score (nSPS) is 12.5. The van der Waals surface area contributed by atoms with E-state index in [1.807, 2.05) is 25.2 Å². The zero-order chi connectivity index (χ0) is 22.8. The number of imidazole rings is 1. The van der Waals surface area contributed by atoms with Gasteiger partial charge in [-0.3, -0.25) is 13.9 Å². The maximum Gasteiger partial charge on any atom is 0.330 e. The molecule has 0 aliphatic heterocycles. The average Bonchev–Trinajstić information content (AvgIpc) is 3.23. The standard InChI is InChI=1S/C25H30N4O3/c1-5-9-19(14-22(30)32-6-2)29-21-12-8-13-26-24(21)28(25(29)31)16-18-15-27(4)20-11-7-10-17(3)23(18)20/h7-8,10-13,15,19H,5-6,9,14,16H2,1-4H3/t19-/m0/s1. The van der Waals surface area contributed by atoms with E-state index >= 15 is 0 Å². The number of carbonyl (C=O) groups is 1. The molecule has 0 spiro atoms. The first kappa shape index (κ1) is 21.9. The molecule has 7 nitrogen and oxygen atoms in total. The Labute approximate surface area is 187 Å². The molecule has 0 saturated heterocycles. The number of pyridine rings is 1. The highest BCUT2D eigenvalue weighted by Gasteiger charge is 2.24. The van der Waals surface area contributed by atoms with E-state index in [1.54, 1.807) is 22.3 Å². The molecule has 168 valence electrons. The Morgan fingerprint density at radius 1 is 1.16 bits per heavy atom. The van der Waals surface area contributed by atoms with Crippen molar-refractivity contribution < 1.29 is 9.53 Å². The van der Waals surface area contributed by atoms with Gasteiger partial charge in [0.1, 0.15) is 0 Å². The lowest BCUT2D eigenvalue weighted by molar-refractivity contribution is -0.144. The Morgan fingerprint density at radius 3 is 2.69 bits per heavy atom. The Bertz CT molecular complexity index is 1330. The minimum absolute atomic E-state index is 0.146. The molecule has 3 heterocycles. The molecule has 0 N–H and O–H groups in total. The van der Waals surface area contributed by atoms with E-state index in [2.05, 4.69) is 41.7 Å². The van der Waals surface area contributed by atoms with Crippen LogP contribution in [0.5, 0.6) is 0 Å². The Balaban J connectivity index is 1.85. The molecule has 0 aliphatic carbocycles. The van der Waals surface area contributed by atoms with Gasteiger partial charge < -0.3 is 9.30 Å². The van der Waals surface area contributed by atoms with Gasteiger partial charge in [0, 0.05) is 36.4 Å². The summed E-state index contributed by atoms with van der Waals surface area (Å²) in [4.78, 5) is 30.5. The quantitative estimate of drug-likeness (QED) is 0.387. The average molecular weight is 435 g/mol. The summed E-state index contributed by atoms with van der Waals surface area (Å²) in [7, 11) is 2.02. The SMILES string of the molecule is CCC[C@@H](CC(=O)OCC)n1c(=O)n(Cc2cn(C)c3cccc(C)c23)c2ncccc21. The molecule has 4 aromatic rings. The first-order valence-corrected chi connectivity index (χ1v) is 11.2. The molecule has 7 heteroatoms. The van der Waals surface area contributed by atoms with Crippen LogP contribution in [0.2, 0.25) is 0 Å². The summed E-state index contributed by atoms with van der Waals surface area (Å²) in [6, 6.07) is 9.69. The van der Waals surface area contributed by atoms with Crippen LogP contribution in [0.4, 0.5) is 0 Å². The van der Waals surface area contributed by atoms with Gasteiger partial charge in [0.2, 0.25) is 0 Å². The van der Waals surface area contributed by atoms with Crippen molar-refractivity contribution in [3.63, 3.8) is 0 Å². The zero-order valence-electron chi connectivity index (χ0n) is 19.2. The number of aryl methyl sites for hydroxylation is 2. The van der Waals surface area contributed by atoms with E-state index in [4.69, 9.17) is 4.74 Å². The van der Waals surface area contributed by atoms with E-state index < -0.39 is 0 Å². The maximum absolute atomic E-state index is 13.7. The van der Waals surface area contributed by atoms with Crippen LogP contribution in [0.3, 0.4) is 0 Å². The topological polar surface area (TPSA) is 71.0 Å². The molecular weight excluding hydrogens is 404 g/mol. The summed E-state index contributed by atoms with van der Waals surface area (Å²) in [6.45, 7) is 6.68. The summed E-state index contributed by atoms with van der Waals surface area (Å²) in [5.41, 5.74) is 4.62. The molecular formula is C25H30N4O3. The number of benzene rings is 1. The second-order valence-corrected chi connectivity index (χ2v) is 8.27. The van der Waals surface area contributed by atoms with Gasteiger partial charge in [0.25, 0.3) is 0 Å². The summed E-state index contributed by atoms with van der Waals surface area (Å²) in [5.74, 6) is -0.285. The van der Waals surface area contributed by atoms with Gasteiger partial charge in [-0.2, -0.15) is 0 Å². The zero-order valence-corrected chi connectivity index (χ0v) is 19.2. The van der Waals surface area contributed by atoms with Gasteiger partial charge >= 0.3 is 11.7 Å². The summed E-state index contributed by atoms with van der Waals surface area (Å²) < 4.78 is 10.7. The number of carbonyl (C=O) groups excluding carboxylic acids is 1. The lowest BCUT2D eigenvalue weighted by Gasteiger charge is -2.17. The fraction of sp³-hybridized carbons (Fsp3) is 0.400. The van der Waals surface area contributed by atoms with Gasteiger partial charge in [-0.1, -0.05) is 25.5 Å². The van der Waals surface area contributed by atoms with Crippen molar-refractivity contribution in [2.75, 3.05) is 6.61 Å². The van der Waals surface area contributed by atoms with Crippen LogP contribution in [0.1, 0.15) is 50.3 Å². The third kappa shape index (κ3) is 3.83. The second kappa shape index (κ2) is 9.02. The fourth-order valence-corrected chi connectivity index (χ4v) is 4.69. The minimum atomic E-state index is -0.285. The molecule has 32 heavy (non-hydrogen) atoms. The van der Waals surface area contributed by atoms with E-state index in [1.165, 1.54) is 5.56 Å². The number of hydrogen-bond acceptors (Lipinski definition) is 4. The highest BCUT2D eigenvalue weighted by Crippen LogP contribution is 2.27. The van der Waals surface area contributed by atoms with E-state index in [-0.39, 0.29) is 24.1 Å². The van der Waals surface area contributed by atoms with Gasteiger partial charge in [0.15, 0.2) is 5.65 Å². The van der Waals surface area contributed by atoms with Crippen LogP contribution < -0.4 is 5.69 Å². The lowest BCUT2D eigenvalue weighted by atomic mass is 10.1. The van der Waals surface area contributed by atoms with Crippen LogP contribution in [0, 0.1) is 6.92 Å². The number of aromatic nitrogens is 4. The van der Waals surface area contributed by atoms with Gasteiger partial charge in [0.05, 0.1) is 25.1 Å². The highest BCUT2D eigenvalue weighted by atomic mass is 16.5. The number of fused-ring (bicyclic) bond motifs is 2. The van der Waals surface area contributed by atoms with Crippen LogP contribution in [0.25, 0.3) is 22.1 Å². The molecule has 0 aliphatic rings. The monoisotopic (exact) mass is 434 g/mol. The highest BCUT2D eigenvalue weighted by molar-refractivity contribution is 5.87. The molecule has 0 bridgehead atoms. The van der Waals surface area contributed by atoms with E-state index in [0.717, 1.165) is 28.4 Å². The van der Waals surface area contributed by atoms with Crippen LogP contribution in [-0.2, 0) is 23.1 Å². The molecule has 4 rings (SSSR count).